The summed E-state index contributed by atoms with van der Waals surface area (Å²) in [5, 5.41) is 11.6. The van der Waals surface area contributed by atoms with Crippen LogP contribution in [-0.4, -0.2) is 67.9 Å². The van der Waals surface area contributed by atoms with Crippen LogP contribution in [0.15, 0.2) is 33.0 Å². The van der Waals surface area contributed by atoms with E-state index < -0.39 is 17.7 Å². The van der Waals surface area contributed by atoms with Crippen molar-refractivity contribution in [3.63, 3.8) is 0 Å². The highest BCUT2D eigenvalue weighted by Gasteiger charge is 2.29. The maximum Gasteiger partial charge on any atom is 0.408 e. The topological polar surface area (TPSA) is 147 Å². The highest BCUT2D eigenvalue weighted by atomic mass is 79.9. The number of ether oxygens (including phenoxy) is 3. The van der Waals surface area contributed by atoms with Gasteiger partial charge in [0.25, 0.3) is 0 Å². The second-order valence-corrected chi connectivity index (χ2v) is 13.1. The Bertz CT molecular complexity index is 1520. The van der Waals surface area contributed by atoms with Gasteiger partial charge >= 0.3 is 6.09 Å². The van der Waals surface area contributed by atoms with Crippen LogP contribution in [0.25, 0.3) is 11.2 Å². The van der Waals surface area contributed by atoms with Crippen molar-refractivity contribution >= 4 is 50.9 Å². The summed E-state index contributed by atoms with van der Waals surface area (Å²) >= 11 is 5.01. The first-order valence-corrected chi connectivity index (χ1v) is 15.1. The number of hydrogen-bond acceptors (Lipinski definition) is 9. The van der Waals surface area contributed by atoms with Crippen molar-refractivity contribution in [1.29, 1.82) is 5.41 Å². The predicted octanol–water partition coefficient (Wildman–Crippen LogP) is 4.42. The number of carbonyl (C=O) groups excluding carboxylic acids is 2. The SMILES string of the molecule is C[C@@H](NC(=O)OC(C)(C)C)C(=O)N1CCC[C@@H](CCn2cnc(=N)c3[nH]c(Sc4cc5c(cc4Br)OCO5)nc32)C1. The number of hydrogen-bond donors (Lipinski definition) is 3. The lowest BCUT2D eigenvalue weighted by atomic mass is 9.94. The summed E-state index contributed by atoms with van der Waals surface area (Å²) in [4.78, 5) is 40.2. The normalized spacial score (nSPS) is 17.5. The molecule has 3 aromatic rings. The Kier molecular flexibility index (Phi) is 8.50. The number of aryl methyl sites for hydroxylation is 1. The number of imidazole rings is 1. The van der Waals surface area contributed by atoms with Gasteiger partial charge in [0, 0.05) is 29.0 Å². The number of H-pyrrole nitrogens is 1. The zero-order valence-electron chi connectivity index (χ0n) is 23.5. The third-order valence-corrected chi connectivity index (χ3v) is 8.71. The lowest BCUT2D eigenvalue weighted by molar-refractivity contribution is -0.134. The number of carbonyl (C=O) groups is 2. The van der Waals surface area contributed by atoms with Gasteiger partial charge in [0.15, 0.2) is 27.8 Å². The van der Waals surface area contributed by atoms with E-state index in [2.05, 4.69) is 31.2 Å². The fraction of sp³-hybridized carbons (Fsp3) is 0.519. The predicted molar refractivity (Wildman–Crippen MR) is 155 cm³/mol. The molecule has 1 aromatic carbocycles. The molecule has 12 nitrogen and oxygen atoms in total. The molecule has 2 amide bonds. The van der Waals surface area contributed by atoms with Crippen LogP contribution >= 0.6 is 27.7 Å². The number of piperidine rings is 1. The largest absolute Gasteiger partial charge is 0.454 e. The molecule has 0 aliphatic carbocycles. The number of halogens is 1. The molecular weight excluding hydrogens is 614 g/mol. The number of fused-ring (bicyclic) bond motifs is 2. The van der Waals surface area contributed by atoms with Crippen LogP contribution in [0.2, 0.25) is 0 Å². The maximum absolute atomic E-state index is 13.1. The van der Waals surface area contributed by atoms with E-state index in [1.165, 1.54) is 11.8 Å². The number of rotatable bonds is 7. The summed E-state index contributed by atoms with van der Waals surface area (Å²) in [7, 11) is 0. The molecule has 3 N–H and O–H groups in total. The molecule has 4 heterocycles. The molecule has 2 atom stereocenters. The molecule has 1 fully saturated rings. The van der Waals surface area contributed by atoms with E-state index in [1.54, 1.807) is 34.0 Å². The van der Waals surface area contributed by atoms with E-state index in [9.17, 15) is 9.59 Å². The summed E-state index contributed by atoms with van der Waals surface area (Å²) in [6.45, 7) is 9.17. The first kappa shape index (κ1) is 29.2. The van der Waals surface area contributed by atoms with Crippen molar-refractivity contribution in [2.45, 2.75) is 75.2 Å². The van der Waals surface area contributed by atoms with Gasteiger partial charge in [-0.05, 0) is 80.9 Å². The second-order valence-electron chi connectivity index (χ2n) is 11.2. The van der Waals surface area contributed by atoms with Gasteiger partial charge < -0.3 is 34.0 Å². The number of nitrogens with one attached hydrogen (secondary N) is 3. The monoisotopic (exact) mass is 647 g/mol. The molecule has 0 radical (unpaired) electrons. The number of aromatic nitrogens is 4. The quantitative estimate of drug-likeness (QED) is 0.341. The smallest absolute Gasteiger partial charge is 0.408 e. The highest BCUT2D eigenvalue weighted by molar-refractivity contribution is 9.10. The molecule has 2 aromatic heterocycles. The van der Waals surface area contributed by atoms with Crippen LogP contribution in [-0.2, 0) is 16.1 Å². The minimum Gasteiger partial charge on any atom is -0.454 e. The Balaban J connectivity index is 1.23. The Hall–Kier alpha value is -3.26. The van der Waals surface area contributed by atoms with Crippen LogP contribution in [0.5, 0.6) is 11.5 Å². The van der Waals surface area contributed by atoms with Crippen molar-refractivity contribution in [1.82, 2.24) is 29.7 Å². The van der Waals surface area contributed by atoms with Gasteiger partial charge in [-0.25, -0.2) is 14.8 Å². The molecule has 5 rings (SSSR count). The Morgan fingerprint density at radius 2 is 2.07 bits per heavy atom. The lowest BCUT2D eigenvalue weighted by Gasteiger charge is -2.34. The molecule has 0 unspecified atom stereocenters. The summed E-state index contributed by atoms with van der Waals surface area (Å²) in [6, 6.07) is 3.10. The zero-order chi connectivity index (χ0) is 29.3. The summed E-state index contributed by atoms with van der Waals surface area (Å²) in [6.07, 6.45) is 3.77. The average molecular weight is 649 g/mol. The zero-order valence-corrected chi connectivity index (χ0v) is 25.9. The van der Waals surface area contributed by atoms with E-state index >= 15 is 0 Å². The molecular formula is C27H34BrN7O5S. The van der Waals surface area contributed by atoms with Crippen molar-refractivity contribution in [2.24, 2.45) is 5.92 Å². The van der Waals surface area contributed by atoms with Crippen LogP contribution in [0.4, 0.5) is 4.79 Å². The summed E-state index contributed by atoms with van der Waals surface area (Å²) in [5.41, 5.74) is 0.717. The van der Waals surface area contributed by atoms with Gasteiger partial charge in [0.2, 0.25) is 12.7 Å². The molecule has 0 saturated carbocycles. The average Bonchev–Trinajstić information content (AvgIpc) is 3.54. The molecule has 2 aliphatic heterocycles. The fourth-order valence-electron chi connectivity index (χ4n) is 4.90. The number of nitrogens with zero attached hydrogens (tertiary/aromatic N) is 4. The van der Waals surface area contributed by atoms with E-state index in [1.807, 2.05) is 21.6 Å². The van der Waals surface area contributed by atoms with Crippen LogP contribution in [0.1, 0.15) is 47.0 Å². The van der Waals surface area contributed by atoms with Crippen LogP contribution < -0.4 is 20.3 Å². The fourth-order valence-corrected chi connectivity index (χ4v) is 6.28. The van der Waals surface area contributed by atoms with Gasteiger partial charge in [-0.3, -0.25) is 10.2 Å². The minimum absolute atomic E-state index is 0.112. The van der Waals surface area contributed by atoms with E-state index in [-0.39, 0.29) is 24.1 Å². The standard InChI is InChI=1S/C27H34BrN7O5S/c1-15(31-26(37)40-27(2,3)4)24(36)34-8-5-6-16(12-34)7-9-35-13-30-22(29)21-23(35)33-25(32-21)41-20-11-19-18(10-17(20)28)38-14-39-19/h10-11,13,15-16,29H,5-9,12,14H2,1-4H3,(H,31,37)(H,32,33)/t15-,16+/m1/s1. The van der Waals surface area contributed by atoms with Crippen LogP contribution in [0, 0.1) is 11.3 Å². The van der Waals surface area contributed by atoms with Gasteiger partial charge in [-0.2, -0.15) is 0 Å². The molecule has 41 heavy (non-hydrogen) atoms. The molecule has 1 saturated heterocycles. The first-order chi connectivity index (χ1) is 19.5. The third-order valence-electron chi connectivity index (χ3n) is 6.84. The highest BCUT2D eigenvalue weighted by Crippen LogP contribution is 2.42. The van der Waals surface area contributed by atoms with Crippen LogP contribution in [0.3, 0.4) is 0 Å². The number of amides is 2. The maximum atomic E-state index is 13.1. The number of benzene rings is 1. The Labute approximate surface area is 250 Å². The van der Waals surface area contributed by atoms with E-state index in [4.69, 9.17) is 24.6 Å². The molecule has 220 valence electrons. The second kappa shape index (κ2) is 11.9. The summed E-state index contributed by atoms with van der Waals surface area (Å²) < 4.78 is 19.0. The van der Waals surface area contributed by atoms with Gasteiger partial charge in [-0.15, -0.1) is 0 Å². The van der Waals surface area contributed by atoms with Crippen molar-refractivity contribution < 1.29 is 23.8 Å². The molecule has 14 heteroatoms. The molecule has 0 bridgehead atoms. The minimum atomic E-state index is -0.670. The molecule has 2 aliphatic rings. The number of aromatic amines is 1. The van der Waals surface area contributed by atoms with Gasteiger partial charge in [0.05, 0.1) is 6.33 Å². The Morgan fingerprint density at radius 1 is 1.32 bits per heavy atom. The van der Waals surface area contributed by atoms with Crippen molar-refractivity contribution in [3.05, 3.63) is 28.4 Å². The number of likely N-dealkylation sites (tertiary alicyclic amines) is 1. The third kappa shape index (κ3) is 6.97. The lowest BCUT2D eigenvalue weighted by Crippen LogP contribution is -2.50. The van der Waals surface area contributed by atoms with Gasteiger partial charge in [-0.1, -0.05) is 11.8 Å². The first-order valence-electron chi connectivity index (χ1n) is 13.5. The number of alkyl carbamates (subject to hydrolysis) is 1. The van der Waals surface area contributed by atoms with Crippen molar-refractivity contribution in [3.8, 4) is 11.5 Å². The van der Waals surface area contributed by atoms with Gasteiger partial charge in [0.1, 0.15) is 17.2 Å². The van der Waals surface area contributed by atoms with Crippen molar-refractivity contribution in [2.75, 3.05) is 19.9 Å². The van der Waals surface area contributed by atoms with E-state index in [0.717, 1.165) is 28.6 Å². The van der Waals surface area contributed by atoms with E-state index in [0.29, 0.717) is 47.5 Å². The summed E-state index contributed by atoms with van der Waals surface area (Å²) in [5.74, 6) is 1.55. The Morgan fingerprint density at radius 3 is 2.83 bits per heavy atom. The molecule has 0 spiro atoms.